The average Bonchev–Trinajstić information content (AvgIpc) is 2.47. The molecule has 0 atom stereocenters. The van der Waals surface area contributed by atoms with Gasteiger partial charge in [-0.2, -0.15) is 0 Å². The van der Waals surface area contributed by atoms with E-state index in [0.717, 1.165) is 21.6 Å². The second-order valence-electron chi connectivity index (χ2n) is 3.72. The first-order chi connectivity index (χ1) is 9.74. The van der Waals surface area contributed by atoms with E-state index in [0.29, 0.717) is 11.4 Å². The monoisotopic (exact) mass is 304 g/mol. The zero-order valence-electron chi connectivity index (χ0n) is 10.4. The summed E-state index contributed by atoms with van der Waals surface area (Å²) in [6, 6.07) is 18.2. The van der Waals surface area contributed by atoms with Gasteiger partial charge in [0.1, 0.15) is 0 Å². The summed E-state index contributed by atoms with van der Waals surface area (Å²) < 4.78 is 0. The molecule has 0 saturated heterocycles. The smallest absolute Gasteiger partial charge is 0.294 e. The molecule has 0 heterocycles. The van der Waals surface area contributed by atoms with Crippen LogP contribution >= 0.6 is 21.6 Å². The van der Waals surface area contributed by atoms with Crippen LogP contribution in [0.25, 0.3) is 0 Å². The fraction of sp³-hybridized carbons (Fsp3) is 0. The average molecular weight is 304 g/mol. The van der Waals surface area contributed by atoms with Crippen molar-refractivity contribution in [2.24, 2.45) is 0 Å². The number of nitrogens with one attached hydrogen (secondary N) is 2. The van der Waals surface area contributed by atoms with Crippen molar-refractivity contribution in [2.75, 3.05) is 10.6 Å². The molecule has 0 aliphatic rings. The van der Waals surface area contributed by atoms with E-state index in [1.165, 1.54) is 0 Å². The predicted molar refractivity (Wildman–Crippen MR) is 86.1 cm³/mol. The molecule has 2 aromatic rings. The maximum absolute atomic E-state index is 11.6. The minimum atomic E-state index is -0.288. The van der Waals surface area contributed by atoms with Gasteiger partial charge >= 0.3 is 0 Å². The molecule has 2 aromatic carbocycles. The van der Waals surface area contributed by atoms with Crippen LogP contribution in [0.5, 0.6) is 0 Å². The van der Waals surface area contributed by atoms with Gasteiger partial charge in [0.25, 0.3) is 10.5 Å². The van der Waals surface area contributed by atoms with E-state index >= 15 is 0 Å². The van der Waals surface area contributed by atoms with E-state index in [2.05, 4.69) is 10.6 Å². The van der Waals surface area contributed by atoms with Crippen molar-refractivity contribution in [2.45, 2.75) is 0 Å². The third-order valence-corrected chi connectivity index (χ3v) is 3.98. The molecule has 2 N–H and O–H groups in total. The normalized spacial score (nSPS) is 9.80. The van der Waals surface area contributed by atoms with Gasteiger partial charge in [0.15, 0.2) is 0 Å². The first-order valence-electron chi connectivity index (χ1n) is 5.80. The van der Waals surface area contributed by atoms with Crippen molar-refractivity contribution >= 4 is 43.4 Å². The van der Waals surface area contributed by atoms with Gasteiger partial charge in [-0.15, -0.1) is 0 Å². The largest absolute Gasteiger partial charge is 0.316 e. The number of amides is 2. The Kier molecular flexibility index (Phi) is 5.52. The minimum absolute atomic E-state index is 0.288. The summed E-state index contributed by atoms with van der Waals surface area (Å²) in [4.78, 5) is 23.2. The summed E-state index contributed by atoms with van der Waals surface area (Å²) in [7, 11) is 1.71. The van der Waals surface area contributed by atoms with E-state index in [4.69, 9.17) is 0 Å². The third-order valence-electron chi connectivity index (χ3n) is 2.23. The highest BCUT2D eigenvalue weighted by atomic mass is 33.1. The Bertz CT molecular complexity index is 523. The fourth-order valence-electron chi connectivity index (χ4n) is 1.40. The van der Waals surface area contributed by atoms with Crippen molar-refractivity contribution in [3.05, 3.63) is 60.7 Å². The van der Waals surface area contributed by atoms with Crippen LogP contribution in [0.1, 0.15) is 0 Å². The van der Waals surface area contributed by atoms with E-state index in [-0.39, 0.29) is 10.5 Å². The Morgan fingerprint density at radius 1 is 0.650 bits per heavy atom. The molecular weight excluding hydrogens is 292 g/mol. The Labute approximate surface area is 124 Å². The molecule has 0 spiro atoms. The summed E-state index contributed by atoms with van der Waals surface area (Å²) >= 11 is 0. The molecule has 20 heavy (non-hydrogen) atoms. The number of hydrogen-bond donors (Lipinski definition) is 2. The molecule has 0 fully saturated rings. The van der Waals surface area contributed by atoms with E-state index < -0.39 is 0 Å². The van der Waals surface area contributed by atoms with E-state index in [9.17, 15) is 9.59 Å². The van der Waals surface area contributed by atoms with Crippen molar-refractivity contribution < 1.29 is 9.59 Å². The van der Waals surface area contributed by atoms with Crippen LogP contribution in [-0.4, -0.2) is 10.5 Å². The lowest BCUT2D eigenvalue weighted by molar-refractivity contribution is 0.268. The quantitative estimate of drug-likeness (QED) is 0.780. The fourth-order valence-corrected chi connectivity index (χ4v) is 2.57. The number of para-hydroxylation sites is 2. The van der Waals surface area contributed by atoms with Crippen LogP contribution in [-0.2, 0) is 0 Å². The van der Waals surface area contributed by atoms with Crippen LogP contribution in [0.3, 0.4) is 0 Å². The maximum atomic E-state index is 11.6. The van der Waals surface area contributed by atoms with E-state index in [1.807, 2.05) is 36.4 Å². The molecule has 0 saturated carbocycles. The van der Waals surface area contributed by atoms with Crippen LogP contribution < -0.4 is 10.6 Å². The van der Waals surface area contributed by atoms with Crippen LogP contribution in [0.15, 0.2) is 60.7 Å². The lowest BCUT2D eigenvalue weighted by Crippen LogP contribution is -2.07. The second kappa shape index (κ2) is 7.62. The number of anilines is 2. The van der Waals surface area contributed by atoms with Gasteiger partial charge in [-0.1, -0.05) is 36.4 Å². The number of rotatable bonds is 2. The molecule has 2 rings (SSSR count). The van der Waals surface area contributed by atoms with Crippen molar-refractivity contribution in [1.82, 2.24) is 0 Å². The standard InChI is InChI=1S/C14H12N2O2S2/c17-13(15-11-7-3-1-4-8-11)19-20-14(18)16-12-9-5-2-6-10-12/h1-10H,(H,15,17)(H,16,18). The number of benzene rings is 2. The second-order valence-corrected chi connectivity index (χ2v) is 5.80. The Morgan fingerprint density at radius 3 is 1.35 bits per heavy atom. The molecule has 4 nitrogen and oxygen atoms in total. The van der Waals surface area contributed by atoms with Crippen LogP contribution in [0.4, 0.5) is 21.0 Å². The highest BCUT2D eigenvalue weighted by Crippen LogP contribution is 2.26. The molecule has 0 aromatic heterocycles. The van der Waals surface area contributed by atoms with Crippen LogP contribution in [0, 0.1) is 0 Å². The SMILES string of the molecule is O=C(Nc1ccccc1)SSC(=O)Nc1ccccc1. The third kappa shape index (κ3) is 4.99. The van der Waals surface area contributed by atoms with Gasteiger partial charge in [-0.3, -0.25) is 9.59 Å². The molecule has 0 radical (unpaired) electrons. The molecule has 102 valence electrons. The Morgan fingerprint density at radius 2 is 1.00 bits per heavy atom. The lowest BCUT2D eigenvalue weighted by Gasteiger charge is -2.04. The topological polar surface area (TPSA) is 58.2 Å². The number of carbonyl (C=O) groups excluding carboxylic acids is 2. The first kappa shape index (κ1) is 14.5. The summed E-state index contributed by atoms with van der Waals surface area (Å²) in [5.74, 6) is 0. The van der Waals surface area contributed by atoms with Crippen molar-refractivity contribution in [3.8, 4) is 0 Å². The van der Waals surface area contributed by atoms with Gasteiger partial charge in [-0.25, -0.2) is 0 Å². The van der Waals surface area contributed by atoms with Gasteiger partial charge < -0.3 is 10.6 Å². The predicted octanol–water partition coefficient (Wildman–Crippen LogP) is 4.83. The summed E-state index contributed by atoms with van der Waals surface area (Å²) in [6.45, 7) is 0. The Hall–Kier alpha value is -1.92. The molecule has 6 heteroatoms. The lowest BCUT2D eigenvalue weighted by atomic mass is 10.3. The molecule has 0 unspecified atom stereocenters. The summed E-state index contributed by atoms with van der Waals surface area (Å²) in [5.41, 5.74) is 1.41. The summed E-state index contributed by atoms with van der Waals surface area (Å²) in [5, 5.41) is 4.79. The summed E-state index contributed by atoms with van der Waals surface area (Å²) in [6.07, 6.45) is 0. The van der Waals surface area contributed by atoms with Gasteiger partial charge in [0.2, 0.25) is 0 Å². The Balaban J connectivity index is 1.75. The van der Waals surface area contributed by atoms with Gasteiger partial charge in [0, 0.05) is 33.0 Å². The van der Waals surface area contributed by atoms with Crippen molar-refractivity contribution in [3.63, 3.8) is 0 Å². The first-order valence-corrected chi connectivity index (χ1v) is 7.95. The molecule has 0 bridgehead atoms. The molecule has 2 amide bonds. The molecule has 0 aliphatic carbocycles. The molecule has 0 aliphatic heterocycles. The minimum Gasteiger partial charge on any atom is -0.316 e. The van der Waals surface area contributed by atoms with Crippen LogP contribution in [0.2, 0.25) is 0 Å². The maximum Gasteiger partial charge on any atom is 0.294 e. The highest BCUT2D eigenvalue weighted by molar-refractivity contribution is 8.87. The highest BCUT2D eigenvalue weighted by Gasteiger charge is 2.09. The zero-order valence-corrected chi connectivity index (χ0v) is 12.0. The van der Waals surface area contributed by atoms with Crippen molar-refractivity contribution in [1.29, 1.82) is 0 Å². The van der Waals surface area contributed by atoms with E-state index in [1.54, 1.807) is 24.3 Å². The number of carbonyl (C=O) groups is 2. The zero-order chi connectivity index (χ0) is 14.2. The van der Waals surface area contributed by atoms with Gasteiger partial charge in [0.05, 0.1) is 0 Å². The van der Waals surface area contributed by atoms with Gasteiger partial charge in [-0.05, 0) is 24.3 Å². The number of hydrogen-bond acceptors (Lipinski definition) is 4. The molecular formula is C14H12N2O2S2.